The Kier molecular flexibility index (Phi) is 8.09. The minimum absolute atomic E-state index is 0.0736. The number of nitriles is 1. The average molecular weight is 358 g/mol. The Morgan fingerprint density at radius 1 is 1.35 bits per heavy atom. The zero-order valence-corrected chi connectivity index (χ0v) is 14.3. The van der Waals surface area contributed by atoms with Crippen LogP contribution in [0.3, 0.4) is 0 Å². The molecule has 0 aliphatic heterocycles. The van der Waals surface area contributed by atoms with E-state index in [0.717, 1.165) is 0 Å². The Labute approximate surface area is 145 Å². The summed E-state index contributed by atoms with van der Waals surface area (Å²) >= 11 is 11.6. The van der Waals surface area contributed by atoms with Crippen LogP contribution in [0.25, 0.3) is 0 Å². The number of methoxy groups -OCH3 is 2. The second-order valence-electron chi connectivity index (χ2n) is 4.30. The molecule has 1 aromatic carbocycles. The summed E-state index contributed by atoms with van der Waals surface area (Å²) in [4.78, 5) is 11.8. The quantitative estimate of drug-likeness (QED) is 0.323. The molecular formula is C15H17Cl2N3O3. The second-order valence-corrected chi connectivity index (χ2v) is 5.08. The van der Waals surface area contributed by atoms with Crippen molar-refractivity contribution in [2.24, 2.45) is 0 Å². The van der Waals surface area contributed by atoms with Crippen LogP contribution in [0.4, 0.5) is 5.69 Å². The van der Waals surface area contributed by atoms with Crippen LogP contribution in [0.15, 0.2) is 23.9 Å². The molecular weight excluding hydrogens is 341 g/mol. The molecule has 0 bridgehead atoms. The number of halogens is 2. The number of benzene rings is 1. The predicted octanol–water partition coefficient (Wildman–Crippen LogP) is 2.92. The number of anilines is 1. The van der Waals surface area contributed by atoms with Gasteiger partial charge in [-0.05, 0) is 6.42 Å². The third kappa shape index (κ3) is 5.55. The van der Waals surface area contributed by atoms with Crippen molar-refractivity contribution in [1.82, 2.24) is 5.32 Å². The molecule has 0 radical (unpaired) electrons. The van der Waals surface area contributed by atoms with Crippen molar-refractivity contribution in [3.8, 4) is 17.6 Å². The second kappa shape index (κ2) is 9.82. The standard InChI is InChI=1S/C15H17Cl2N3O3/c1-22-13-7-12(14(23-2)6-11(13)17)20-9-10(8-18)15(21)19-5-3-4-16/h6-7,9,20H,3-5H2,1-2H3,(H,19,21)/b10-9-. The predicted molar refractivity (Wildman–Crippen MR) is 90.2 cm³/mol. The van der Waals surface area contributed by atoms with Crippen LogP contribution >= 0.6 is 23.2 Å². The minimum Gasteiger partial charge on any atom is -0.495 e. The van der Waals surface area contributed by atoms with E-state index in [2.05, 4.69) is 10.6 Å². The van der Waals surface area contributed by atoms with Gasteiger partial charge in [0.25, 0.3) is 5.91 Å². The number of nitrogens with one attached hydrogen (secondary N) is 2. The molecule has 124 valence electrons. The van der Waals surface area contributed by atoms with E-state index in [0.29, 0.717) is 41.1 Å². The summed E-state index contributed by atoms with van der Waals surface area (Å²) in [6.07, 6.45) is 1.92. The highest BCUT2D eigenvalue weighted by Gasteiger charge is 2.11. The van der Waals surface area contributed by atoms with Crippen LogP contribution in [0.5, 0.6) is 11.5 Å². The van der Waals surface area contributed by atoms with Crippen LogP contribution in [-0.4, -0.2) is 32.6 Å². The molecule has 0 aromatic heterocycles. The molecule has 6 nitrogen and oxygen atoms in total. The molecule has 0 aliphatic carbocycles. The lowest BCUT2D eigenvalue weighted by Gasteiger charge is -2.12. The maximum Gasteiger partial charge on any atom is 0.263 e. The lowest BCUT2D eigenvalue weighted by molar-refractivity contribution is -0.117. The first kappa shape index (κ1) is 18.9. The van der Waals surface area contributed by atoms with Gasteiger partial charge in [-0.15, -0.1) is 11.6 Å². The highest BCUT2D eigenvalue weighted by atomic mass is 35.5. The number of carbonyl (C=O) groups excluding carboxylic acids is 1. The number of hydrogen-bond donors (Lipinski definition) is 2. The summed E-state index contributed by atoms with van der Waals surface area (Å²) in [6, 6.07) is 5.01. The van der Waals surface area contributed by atoms with Gasteiger partial charge in [-0.3, -0.25) is 4.79 Å². The van der Waals surface area contributed by atoms with E-state index in [1.54, 1.807) is 12.1 Å². The zero-order valence-electron chi connectivity index (χ0n) is 12.8. The fraction of sp³-hybridized carbons (Fsp3) is 0.333. The summed E-state index contributed by atoms with van der Waals surface area (Å²) < 4.78 is 10.3. The van der Waals surface area contributed by atoms with Crippen LogP contribution < -0.4 is 20.1 Å². The Morgan fingerprint density at radius 3 is 2.61 bits per heavy atom. The van der Waals surface area contributed by atoms with Gasteiger partial charge in [-0.1, -0.05) is 11.6 Å². The molecule has 0 saturated heterocycles. The van der Waals surface area contributed by atoms with Gasteiger partial charge in [-0.2, -0.15) is 5.26 Å². The van der Waals surface area contributed by atoms with Crippen molar-refractivity contribution < 1.29 is 14.3 Å². The van der Waals surface area contributed by atoms with Gasteiger partial charge in [0.1, 0.15) is 23.1 Å². The third-order valence-electron chi connectivity index (χ3n) is 2.81. The van der Waals surface area contributed by atoms with Crippen LogP contribution in [-0.2, 0) is 4.79 Å². The summed E-state index contributed by atoms with van der Waals surface area (Å²) in [5, 5.41) is 14.9. The fourth-order valence-corrected chi connectivity index (χ4v) is 2.00. The Hall–Kier alpha value is -2.10. The zero-order chi connectivity index (χ0) is 17.2. The van der Waals surface area contributed by atoms with Gasteiger partial charge in [0.05, 0.1) is 24.9 Å². The molecule has 0 atom stereocenters. The van der Waals surface area contributed by atoms with Gasteiger partial charge in [0.15, 0.2) is 0 Å². The number of ether oxygens (including phenoxy) is 2. The monoisotopic (exact) mass is 357 g/mol. The van der Waals surface area contributed by atoms with E-state index in [9.17, 15) is 4.79 Å². The molecule has 0 aliphatic rings. The first-order chi connectivity index (χ1) is 11.1. The van der Waals surface area contributed by atoms with Crippen LogP contribution in [0.1, 0.15) is 6.42 Å². The topological polar surface area (TPSA) is 83.4 Å². The summed E-state index contributed by atoms with van der Waals surface area (Å²) in [5.41, 5.74) is 0.436. The lowest BCUT2D eigenvalue weighted by Crippen LogP contribution is -2.26. The average Bonchev–Trinajstić information content (AvgIpc) is 2.56. The number of amides is 1. The van der Waals surface area contributed by atoms with Gasteiger partial charge in [0.2, 0.25) is 0 Å². The number of alkyl halides is 1. The first-order valence-electron chi connectivity index (χ1n) is 6.69. The lowest BCUT2D eigenvalue weighted by atomic mass is 10.2. The Morgan fingerprint density at radius 2 is 2.04 bits per heavy atom. The smallest absolute Gasteiger partial charge is 0.263 e. The van der Waals surface area contributed by atoms with Crippen molar-refractivity contribution in [3.05, 3.63) is 28.9 Å². The van der Waals surface area contributed by atoms with Crippen molar-refractivity contribution in [3.63, 3.8) is 0 Å². The molecule has 23 heavy (non-hydrogen) atoms. The normalized spacial score (nSPS) is 10.7. The Balaban J connectivity index is 2.92. The molecule has 2 N–H and O–H groups in total. The first-order valence-corrected chi connectivity index (χ1v) is 7.61. The summed E-state index contributed by atoms with van der Waals surface area (Å²) in [7, 11) is 2.97. The van der Waals surface area contributed by atoms with Gasteiger partial charge in [0, 0.05) is 30.8 Å². The van der Waals surface area contributed by atoms with Crippen molar-refractivity contribution >= 4 is 34.8 Å². The SMILES string of the molecule is COc1cc(N/C=C(/C#N)C(=O)NCCCCl)c(OC)cc1Cl. The van der Waals surface area contributed by atoms with E-state index >= 15 is 0 Å². The van der Waals surface area contributed by atoms with E-state index in [4.69, 9.17) is 37.9 Å². The molecule has 0 spiro atoms. The number of rotatable bonds is 8. The summed E-state index contributed by atoms with van der Waals surface area (Å²) in [5.74, 6) is 0.844. The Bertz CT molecular complexity index is 627. The number of nitrogens with zero attached hydrogens (tertiary/aromatic N) is 1. The molecule has 1 amide bonds. The molecule has 0 unspecified atom stereocenters. The number of hydrogen-bond acceptors (Lipinski definition) is 5. The highest BCUT2D eigenvalue weighted by molar-refractivity contribution is 6.32. The largest absolute Gasteiger partial charge is 0.495 e. The molecule has 8 heteroatoms. The maximum atomic E-state index is 11.8. The minimum atomic E-state index is -0.481. The molecule has 0 saturated carbocycles. The molecule has 1 rings (SSSR count). The molecule has 0 heterocycles. The fourth-order valence-electron chi connectivity index (χ4n) is 1.64. The molecule has 1 aromatic rings. The van der Waals surface area contributed by atoms with Gasteiger partial charge < -0.3 is 20.1 Å². The van der Waals surface area contributed by atoms with E-state index in [-0.39, 0.29) is 5.57 Å². The van der Waals surface area contributed by atoms with Crippen LogP contribution in [0, 0.1) is 11.3 Å². The van der Waals surface area contributed by atoms with E-state index < -0.39 is 5.91 Å². The van der Waals surface area contributed by atoms with Crippen molar-refractivity contribution in [1.29, 1.82) is 5.26 Å². The van der Waals surface area contributed by atoms with E-state index in [1.165, 1.54) is 20.4 Å². The molecule has 0 fully saturated rings. The third-order valence-corrected chi connectivity index (χ3v) is 3.37. The van der Waals surface area contributed by atoms with Crippen LogP contribution in [0.2, 0.25) is 5.02 Å². The van der Waals surface area contributed by atoms with Gasteiger partial charge in [-0.25, -0.2) is 0 Å². The maximum absolute atomic E-state index is 11.8. The van der Waals surface area contributed by atoms with Crippen molar-refractivity contribution in [2.75, 3.05) is 32.0 Å². The number of carbonyl (C=O) groups is 1. The van der Waals surface area contributed by atoms with Gasteiger partial charge >= 0.3 is 0 Å². The van der Waals surface area contributed by atoms with E-state index in [1.807, 2.05) is 6.07 Å². The van der Waals surface area contributed by atoms with Crippen molar-refractivity contribution in [2.45, 2.75) is 6.42 Å². The highest BCUT2D eigenvalue weighted by Crippen LogP contribution is 2.35. The summed E-state index contributed by atoms with van der Waals surface area (Å²) in [6.45, 7) is 0.402.